The van der Waals surface area contributed by atoms with Crippen LogP contribution >= 0.6 is 0 Å². The average Bonchev–Trinajstić information content (AvgIpc) is 2.35. The molecule has 0 aliphatic rings. The molecule has 94 valence electrons. The van der Waals surface area contributed by atoms with Crippen molar-refractivity contribution in [1.29, 1.82) is 0 Å². The summed E-state index contributed by atoms with van der Waals surface area (Å²) in [5.74, 6) is 0. The number of hydrogen-bond acceptors (Lipinski definition) is 1. The summed E-state index contributed by atoms with van der Waals surface area (Å²) >= 11 is 0. The van der Waals surface area contributed by atoms with Crippen LogP contribution in [-0.2, 0) is 6.42 Å². The van der Waals surface area contributed by atoms with E-state index in [0.29, 0.717) is 6.04 Å². The Labute approximate surface area is 110 Å². The maximum Gasteiger partial charge on any atom is 0.0342 e. The van der Waals surface area contributed by atoms with Crippen LogP contribution in [0.4, 0.5) is 5.69 Å². The van der Waals surface area contributed by atoms with Crippen molar-refractivity contribution in [2.45, 2.75) is 33.2 Å². The molecule has 0 saturated carbocycles. The van der Waals surface area contributed by atoms with E-state index in [1.807, 2.05) is 6.07 Å². The van der Waals surface area contributed by atoms with Gasteiger partial charge >= 0.3 is 0 Å². The predicted octanol–water partition coefficient (Wildman–Crippen LogP) is 4.35. The molecule has 1 N–H and O–H groups in total. The maximum atomic E-state index is 3.54. The summed E-state index contributed by atoms with van der Waals surface area (Å²) in [6, 6.07) is 17.3. The summed E-state index contributed by atoms with van der Waals surface area (Å²) < 4.78 is 0. The Morgan fingerprint density at radius 1 is 0.889 bits per heavy atom. The van der Waals surface area contributed by atoms with Crippen molar-refractivity contribution < 1.29 is 0 Å². The van der Waals surface area contributed by atoms with Gasteiger partial charge in [0.25, 0.3) is 0 Å². The van der Waals surface area contributed by atoms with Gasteiger partial charge in [0.05, 0.1) is 0 Å². The first-order valence-electron chi connectivity index (χ1n) is 6.53. The van der Waals surface area contributed by atoms with Crippen molar-refractivity contribution in [1.82, 2.24) is 0 Å². The molecule has 0 fully saturated rings. The Bertz CT molecular complexity index is 482. The number of rotatable bonds is 4. The van der Waals surface area contributed by atoms with Crippen molar-refractivity contribution in [3.63, 3.8) is 0 Å². The van der Waals surface area contributed by atoms with E-state index in [1.165, 1.54) is 22.4 Å². The van der Waals surface area contributed by atoms with Gasteiger partial charge in [-0.1, -0.05) is 36.4 Å². The van der Waals surface area contributed by atoms with E-state index in [1.54, 1.807) is 0 Å². The molecule has 0 amide bonds. The lowest BCUT2D eigenvalue weighted by Crippen LogP contribution is -2.19. The number of anilines is 1. The molecule has 18 heavy (non-hydrogen) atoms. The van der Waals surface area contributed by atoms with E-state index >= 15 is 0 Å². The molecule has 0 aliphatic carbocycles. The third-order valence-corrected chi connectivity index (χ3v) is 3.34. The van der Waals surface area contributed by atoms with Gasteiger partial charge in [0, 0.05) is 11.7 Å². The molecule has 0 heterocycles. The Morgan fingerprint density at radius 2 is 1.50 bits per heavy atom. The molecule has 0 bridgehead atoms. The predicted molar refractivity (Wildman–Crippen MR) is 79.1 cm³/mol. The van der Waals surface area contributed by atoms with Gasteiger partial charge in [0.1, 0.15) is 0 Å². The highest BCUT2D eigenvalue weighted by Gasteiger charge is 2.07. The van der Waals surface area contributed by atoms with Crippen molar-refractivity contribution in [3.05, 3.63) is 65.2 Å². The van der Waals surface area contributed by atoms with Gasteiger partial charge in [-0.25, -0.2) is 0 Å². The third kappa shape index (κ3) is 3.13. The third-order valence-electron chi connectivity index (χ3n) is 3.34. The topological polar surface area (TPSA) is 12.0 Å². The van der Waals surface area contributed by atoms with Gasteiger partial charge in [-0.05, 0) is 56.0 Å². The molecule has 0 aromatic heterocycles. The van der Waals surface area contributed by atoms with Crippen LogP contribution in [0.5, 0.6) is 0 Å². The molecule has 0 radical (unpaired) electrons. The van der Waals surface area contributed by atoms with Crippen LogP contribution in [0, 0.1) is 13.8 Å². The minimum absolute atomic E-state index is 0.437. The van der Waals surface area contributed by atoms with Gasteiger partial charge in [-0.3, -0.25) is 0 Å². The summed E-state index contributed by atoms with van der Waals surface area (Å²) in [5, 5.41) is 3.54. The summed E-state index contributed by atoms with van der Waals surface area (Å²) in [6.07, 6.45) is 1.06. The molecule has 1 unspecified atom stereocenters. The zero-order valence-electron chi connectivity index (χ0n) is 11.4. The molecule has 2 aromatic carbocycles. The van der Waals surface area contributed by atoms with E-state index in [0.717, 1.165) is 6.42 Å². The highest BCUT2D eigenvalue weighted by molar-refractivity contribution is 5.44. The van der Waals surface area contributed by atoms with Gasteiger partial charge in [0.2, 0.25) is 0 Å². The van der Waals surface area contributed by atoms with Crippen molar-refractivity contribution >= 4 is 5.69 Å². The average molecular weight is 239 g/mol. The molecule has 2 aromatic rings. The Hall–Kier alpha value is -1.76. The van der Waals surface area contributed by atoms with Crippen molar-refractivity contribution in [2.75, 3.05) is 5.32 Å². The van der Waals surface area contributed by atoms with Crippen LogP contribution < -0.4 is 5.32 Å². The fraction of sp³-hybridized carbons (Fsp3) is 0.294. The molecular weight excluding hydrogens is 218 g/mol. The Morgan fingerprint density at radius 3 is 2.11 bits per heavy atom. The highest BCUT2D eigenvalue weighted by Crippen LogP contribution is 2.17. The number of benzene rings is 2. The van der Waals surface area contributed by atoms with E-state index in [4.69, 9.17) is 0 Å². The zero-order chi connectivity index (χ0) is 13.0. The van der Waals surface area contributed by atoms with Crippen molar-refractivity contribution in [2.24, 2.45) is 0 Å². The number of nitrogens with one attached hydrogen (secondary N) is 1. The molecule has 0 saturated heterocycles. The Balaban J connectivity index is 2.06. The van der Waals surface area contributed by atoms with Crippen LogP contribution in [0.15, 0.2) is 48.5 Å². The zero-order valence-corrected chi connectivity index (χ0v) is 11.4. The second-order valence-corrected chi connectivity index (χ2v) is 4.99. The summed E-state index contributed by atoms with van der Waals surface area (Å²) in [5.41, 5.74) is 5.43. The van der Waals surface area contributed by atoms with Gasteiger partial charge in [0.15, 0.2) is 0 Å². The van der Waals surface area contributed by atoms with E-state index in [9.17, 15) is 0 Å². The monoisotopic (exact) mass is 239 g/mol. The van der Waals surface area contributed by atoms with Gasteiger partial charge in [-0.2, -0.15) is 0 Å². The van der Waals surface area contributed by atoms with Crippen LogP contribution in [0.3, 0.4) is 0 Å². The molecule has 1 nitrogen and oxygen atoms in total. The van der Waals surface area contributed by atoms with Gasteiger partial charge < -0.3 is 5.32 Å². The lowest BCUT2D eigenvalue weighted by Gasteiger charge is -2.18. The van der Waals surface area contributed by atoms with E-state index in [2.05, 4.69) is 68.6 Å². The fourth-order valence-corrected chi connectivity index (χ4v) is 2.35. The molecular formula is C17H21N. The van der Waals surface area contributed by atoms with E-state index in [-0.39, 0.29) is 0 Å². The quantitative estimate of drug-likeness (QED) is 0.836. The smallest absolute Gasteiger partial charge is 0.0342 e. The highest BCUT2D eigenvalue weighted by atomic mass is 14.9. The second-order valence-electron chi connectivity index (χ2n) is 4.99. The number of para-hydroxylation sites is 1. The lowest BCUT2D eigenvalue weighted by atomic mass is 9.97. The standard InChI is InChI=1S/C17H21N/c1-13-8-7-9-14(2)17(13)12-15(3)18-16-10-5-4-6-11-16/h4-11,15,18H,12H2,1-3H3. The SMILES string of the molecule is Cc1cccc(C)c1CC(C)Nc1ccccc1. The molecule has 2 rings (SSSR count). The lowest BCUT2D eigenvalue weighted by molar-refractivity contribution is 0.781. The number of hydrogen-bond donors (Lipinski definition) is 1. The van der Waals surface area contributed by atoms with Crippen LogP contribution in [0.2, 0.25) is 0 Å². The molecule has 0 spiro atoms. The van der Waals surface area contributed by atoms with Crippen LogP contribution in [0.1, 0.15) is 23.6 Å². The molecule has 0 aliphatic heterocycles. The summed E-state index contributed by atoms with van der Waals surface area (Å²) in [6.45, 7) is 6.62. The second kappa shape index (κ2) is 5.72. The minimum atomic E-state index is 0.437. The fourth-order valence-electron chi connectivity index (χ4n) is 2.35. The van der Waals surface area contributed by atoms with Crippen LogP contribution in [-0.4, -0.2) is 6.04 Å². The van der Waals surface area contributed by atoms with Gasteiger partial charge in [-0.15, -0.1) is 0 Å². The van der Waals surface area contributed by atoms with E-state index < -0.39 is 0 Å². The maximum absolute atomic E-state index is 3.54. The van der Waals surface area contributed by atoms with Crippen LogP contribution in [0.25, 0.3) is 0 Å². The van der Waals surface area contributed by atoms with Crippen molar-refractivity contribution in [3.8, 4) is 0 Å². The first-order chi connectivity index (χ1) is 8.66. The number of aryl methyl sites for hydroxylation is 2. The Kier molecular flexibility index (Phi) is 4.03. The summed E-state index contributed by atoms with van der Waals surface area (Å²) in [4.78, 5) is 0. The first-order valence-corrected chi connectivity index (χ1v) is 6.53. The molecule has 1 heteroatoms. The largest absolute Gasteiger partial charge is 0.382 e. The minimum Gasteiger partial charge on any atom is -0.382 e. The molecule has 1 atom stereocenters. The normalized spacial score (nSPS) is 12.2. The first kappa shape index (κ1) is 12.7. The summed E-state index contributed by atoms with van der Waals surface area (Å²) in [7, 11) is 0.